The highest BCUT2D eigenvalue weighted by Crippen LogP contribution is 2.40. The highest BCUT2D eigenvalue weighted by Gasteiger charge is 2.46. The maximum Gasteiger partial charge on any atom is 0.411 e. The number of nitrogens with zero attached hydrogens (tertiary/aromatic N) is 1. The van der Waals surface area contributed by atoms with E-state index in [1.165, 1.54) is 6.07 Å². The van der Waals surface area contributed by atoms with Crippen LogP contribution in [0.25, 0.3) is 0 Å². The minimum atomic E-state index is -1.43. The Hall–Kier alpha value is -3.22. The number of likely N-dealkylation sites (tertiary alicyclic amines) is 1. The first-order valence-corrected chi connectivity index (χ1v) is 10.3. The van der Waals surface area contributed by atoms with E-state index in [1.807, 2.05) is 24.3 Å². The first kappa shape index (κ1) is 20.1. The molecule has 1 saturated heterocycles. The molecule has 7 nitrogen and oxygen atoms in total. The molecule has 0 bridgehead atoms. The number of piperidine rings is 1. The van der Waals surface area contributed by atoms with Crippen molar-refractivity contribution in [1.82, 2.24) is 4.90 Å². The maximum absolute atomic E-state index is 13.0. The third-order valence-electron chi connectivity index (χ3n) is 6.29. The number of nitrogens with two attached hydrogens (primary N) is 1. The summed E-state index contributed by atoms with van der Waals surface area (Å²) in [5.41, 5.74) is 6.73. The summed E-state index contributed by atoms with van der Waals surface area (Å²) in [6.45, 7) is 0.889. The molecule has 0 radical (unpaired) electrons. The van der Waals surface area contributed by atoms with E-state index < -0.39 is 17.6 Å². The van der Waals surface area contributed by atoms with E-state index in [1.54, 1.807) is 17.0 Å². The van der Waals surface area contributed by atoms with Gasteiger partial charge in [-0.2, -0.15) is 0 Å². The lowest BCUT2D eigenvalue weighted by Crippen LogP contribution is -2.50. The Morgan fingerprint density at radius 1 is 1.10 bits per heavy atom. The molecule has 2 aliphatic rings. The van der Waals surface area contributed by atoms with Crippen molar-refractivity contribution in [3.8, 4) is 11.5 Å². The van der Waals surface area contributed by atoms with Crippen LogP contribution >= 0.6 is 0 Å². The van der Waals surface area contributed by atoms with Crippen LogP contribution < -0.4 is 5.73 Å². The van der Waals surface area contributed by atoms with E-state index >= 15 is 0 Å². The second-order valence-electron chi connectivity index (χ2n) is 8.07. The summed E-state index contributed by atoms with van der Waals surface area (Å²) in [7, 11) is 0. The SMILES string of the molecule is NC(=O)C1(OC(=O)N2CCC(c3ccc(O)cc3O)CC2)CCCc2ccccc21. The molecule has 1 fully saturated rings. The van der Waals surface area contributed by atoms with Crippen molar-refractivity contribution in [3.05, 3.63) is 59.2 Å². The van der Waals surface area contributed by atoms with Crippen LogP contribution in [-0.2, 0) is 21.6 Å². The Kier molecular flexibility index (Phi) is 5.28. The predicted molar refractivity (Wildman–Crippen MR) is 110 cm³/mol. The van der Waals surface area contributed by atoms with E-state index in [2.05, 4.69) is 0 Å². The van der Waals surface area contributed by atoms with Crippen LogP contribution in [0.5, 0.6) is 11.5 Å². The molecule has 158 valence electrons. The molecule has 2 aromatic rings. The van der Waals surface area contributed by atoms with Gasteiger partial charge in [0, 0.05) is 31.1 Å². The second kappa shape index (κ2) is 7.89. The van der Waals surface area contributed by atoms with E-state index in [9.17, 15) is 19.8 Å². The normalized spacial score (nSPS) is 21.7. The predicted octanol–water partition coefficient (Wildman–Crippen LogP) is 3.13. The van der Waals surface area contributed by atoms with Crippen molar-refractivity contribution in [1.29, 1.82) is 0 Å². The van der Waals surface area contributed by atoms with Crippen molar-refractivity contribution in [2.24, 2.45) is 5.73 Å². The quantitative estimate of drug-likeness (QED) is 0.719. The lowest BCUT2D eigenvalue weighted by Gasteiger charge is -2.39. The first-order chi connectivity index (χ1) is 14.4. The third kappa shape index (κ3) is 3.56. The zero-order valence-electron chi connectivity index (χ0n) is 16.7. The van der Waals surface area contributed by atoms with E-state index in [4.69, 9.17) is 10.5 Å². The molecule has 4 N–H and O–H groups in total. The van der Waals surface area contributed by atoms with Crippen LogP contribution in [0.15, 0.2) is 42.5 Å². The number of rotatable bonds is 3. The highest BCUT2D eigenvalue weighted by atomic mass is 16.6. The first-order valence-electron chi connectivity index (χ1n) is 10.3. The van der Waals surface area contributed by atoms with Crippen molar-refractivity contribution < 1.29 is 24.5 Å². The third-order valence-corrected chi connectivity index (χ3v) is 6.29. The summed E-state index contributed by atoms with van der Waals surface area (Å²) in [6.07, 6.45) is 2.67. The fourth-order valence-electron chi connectivity index (χ4n) is 4.67. The molecule has 30 heavy (non-hydrogen) atoms. The summed E-state index contributed by atoms with van der Waals surface area (Å²) in [5.74, 6) is -0.494. The minimum Gasteiger partial charge on any atom is -0.508 e. The lowest BCUT2D eigenvalue weighted by molar-refractivity contribution is -0.140. The molecule has 0 saturated carbocycles. The van der Waals surface area contributed by atoms with Gasteiger partial charge in [-0.05, 0) is 48.8 Å². The number of hydrogen-bond donors (Lipinski definition) is 3. The molecule has 4 rings (SSSR count). The van der Waals surface area contributed by atoms with Gasteiger partial charge in [0.25, 0.3) is 5.91 Å². The Morgan fingerprint density at radius 2 is 1.83 bits per heavy atom. The van der Waals surface area contributed by atoms with Crippen LogP contribution in [0.2, 0.25) is 0 Å². The number of aromatic hydroxyl groups is 2. The van der Waals surface area contributed by atoms with Crippen LogP contribution in [0.1, 0.15) is 48.3 Å². The van der Waals surface area contributed by atoms with Crippen molar-refractivity contribution in [2.75, 3.05) is 13.1 Å². The van der Waals surface area contributed by atoms with Gasteiger partial charge >= 0.3 is 6.09 Å². The van der Waals surface area contributed by atoms with Gasteiger partial charge in [0.1, 0.15) is 11.5 Å². The van der Waals surface area contributed by atoms with Crippen LogP contribution in [0.4, 0.5) is 4.79 Å². The number of benzene rings is 2. The average molecular weight is 410 g/mol. The zero-order valence-corrected chi connectivity index (χ0v) is 16.7. The summed E-state index contributed by atoms with van der Waals surface area (Å²) >= 11 is 0. The fraction of sp³-hybridized carbons (Fsp3) is 0.391. The number of phenolic OH excluding ortho intramolecular Hbond substituents is 2. The number of aryl methyl sites for hydroxylation is 1. The Labute approximate surface area is 175 Å². The number of hydrogen-bond acceptors (Lipinski definition) is 5. The second-order valence-corrected chi connectivity index (χ2v) is 8.07. The summed E-state index contributed by atoms with van der Waals surface area (Å²) < 4.78 is 5.82. The fourth-order valence-corrected chi connectivity index (χ4v) is 4.67. The number of primary amides is 1. The van der Waals surface area contributed by atoms with Gasteiger partial charge in [0.05, 0.1) is 0 Å². The summed E-state index contributed by atoms with van der Waals surface area (Å²) in [4.78, 5) is 27.0. The largest absolute Gasteiger partial charge is 0.508 e. The number of phenols is 2. The van der Waals surface area contributed by atoms with Gasteiger partial charge in [0.15, 0.2) is 0 Å². The molecule has 1 aliphatic carbocycles. The zero-order chi connectivity index (χ0) is 21.3. The molecule has 7 heteroatoms. The number of carbonyl (C=O) groups is 2. The topological polar surface area (TPSA) is 113 Å². The average Bonchev–Trinajstić information content (AvgIpc) is 2.74. The van der Waals surface area contributed by atoms with Crippen molar-refractivity contribution in [3.63, 3.8) is 0 Å². The molecular formula is C23H26N2O5. The Balaban J connectivity index is 1.47. The van der Waals surface area contributed by atoms with Gasteiger partial charge in [-0.3, -0.25) is 4.79 Å². The number of carbonyl (C=O) groups excluding carboxylic acids is 2. The van der Waals surface area contributed by atoms with Gasteiger partial charge < -0.3 is 25.6 Å². The van der Waals surface area contributed by atoms with Gasteiger partial charge in [-0.1, -0.05) is 30.3 Å². The number of amides is 2. The molecule has 0 aromatic heterocycles. The maximum atomic E-state index is 13.0. The molecule has 1 heterocycles. The van der Waals surface area contributed by atoms with E-state index in [0.717, 1.165) is 24.0 Å². The monoisotopic (exact) mass is 410 g/mol. The van der Waals surface area contributed by atoms with Crippen LogP contribution in [0, 0.1) is 0 Å². The molecule has 1 unspecified atom stereocenters. The summed E-state index contributed by atoms with van der Waals surface area (Å²) in [5, 5.41) is 19.6. The highest BCUT2D eigenvalue weighted by molar-refractivity contribution is 5.88. The molecular weight excluding hydrogens is 384 g/mol. The molecule has 0 spiro atoms. The molecule has 1 aliphatic heterocycles. The van der Waals surface area contributed by atoms with Crippen molar-refractivity contribution >= 4 is 12.0 Å². The minimum absolute atomic E-state index is 0.0155. The Morgan fingerprint density at radius 3 is 2.53 bits per heavy atom. The van der Waals surface area contributed by atoms with Crippen LogP contribution in [-0.4, -0.2) is 40.2 Å². The van der Waals surface area contributed by atoms with Gasteiger partial charge in [-0.25, -0.2) is 4.79 Å². The van der Waals surface area contributed by atoms with Crippen LogP contribution in [0.3, 0.4) is 0 Å². The smallest absolute Gasteiger partial charge is 0.411 e. The van der Waals surface area contributed by atoms with Gasteiger partial charge in [-0.15, -0.1) is 0 Å². The molecule has 2 amide bonds. The standard InChI is InChI=1S/C23H26N2O5/c24-21(28)23(11-3-5-16-4-1-2-6-19(16)23)30-22(29)25-12-9-15(10-13-25)18-8-7-17(26)14-20(18)27/h1-2,4,6-8,14-15,26-27H,3,5,9-13H2,(H2,24,28). The molecule has 2 aromatic carbocycles. The number of ether oxygens (including phenoxy) is 1. The van der Waals surface area contributed by atoms with E-state index in [0.29, 0.717) is 37.9 Å². The van der Waals surface area contributed by atoms with Gasteiger partial charge in [0.2, 0.25) is 5.60 Å². The van der Waals surface area contributed by atoms with Crippen molar-refractivity contribution in [2.45, 2.75) is 43.6 Å². The summed E-state index contributed by atoms with van der Waals surface area (Å²) in [6, 6.07) is 12.1. The van der Waals surface area contributed by atoms with E-state index in [-0.39, 0.29) is 17.4 Å². The lowest BCUT2D eigenvalue weighted by atomic mass is 9.78. The number of fused-ring (bicyclic) bond motifs is 1. The Bertz CT molecular complexity index is 968. The molecule has 1 atom stereocenters.